The van der Waals surface area contributed by atoms with Crippen LogP contribution < -0.4 is 5.32 Å². The van der Waals surface area contributed by atoms with Crippen LogP contribution in [0.4, 0.5) is 13.6 Å². The van der Waals surface area contributed by atoms with E-state index < -0.39 is 11.6 Å². The summed E-state index contributed by atoms with van der Waals surface area (Å²) in [4.78, 5) is 17.1. The second-order valence-electron chi connectivity index (χ2n) is 8.57. The van der Waals surface area contributed by atoms with Gasteiger partial charge in [-0.15, -0.1) is 5.10 Å². The van der Waals surface area contributed by atoms with E-state index in [1.165, 1.54) is 10.7 Å². The first-order valence-electron chi connectivity index (χ1n) is 11.7. The Hall–Kier alpha value is -4.18. The molecule has 1 aliphatic rings. The number of nitrogens with one attached hydrogen (secondary N) is 1. The lowest BCUT2D eigenvalue weighted by Crippen LogP contribution is -2.52. The highest BCUT2D eigenvalue weighted by molar-refractivity contribution is 5.75. The summed E-state index contributed by atoms with van der Waals surface area (Å²) in [5.74, 6) is -1.38. The van der Waals surface area contributed by atoms with Crippen molar-refractivity contribution in [1.82, 2.24) is 35.3 Å². The SMILES string of the molecule is O=C(NC(c1ccccc1)c1ccccc1)N1CCN(Cc2nnnn2-c2ccc(F)c(F)c2)CC1. The van der Waals surface area contributed by atoms with E-state index in [1.54, 1.807) is 4.90 Å². The maximum Gasteiger partial charge on any atom is 0.318 e. The zero-order valence-corrected chi connectivity index (χ0v) is 19.5. The van der Waals surface area contributed by atoms with E-state index in [0.29, 0.717) is 44.2 Å². The molecular weight excluding hydrogens is 464 g/mol. The fourth-order valence-electron chi connectivity index (χ4n) is 4.30. The van der Waals surface area contributed by atoms with Gasteiger partial charge in [0.25, 0.3) is 0 Å². The van der Waals surface area contributed by atoms with Crippen LogP contribution in [0.1, 0.15) is 23.0 Å². The quantitative estimate of drug-likeness (QED) is 0.448. The van der Waals surface area contributed by atoms with Crippen molar-refractivity contribution in [3.8, 4) is 5.69 Å². The Labute approximate surface area is 207 Å². The van der Waals surface area contributed by atoms with Crippen LogP contribution in [0.5, 0.6) is 0 Å². The fourth-order valence-corrected chi connectivity index (χ4v) is 4.30. The molecule has 4 aromatic rings. The summed E-state index contributed by atoms with van der Waals surface area (Å²) in [7, 11) is 0. The minimum absolute atomic E-state index is 0.126. The Balaban J connectivity index is 1.22. The molecule has 1 N–H and O–H groups in total. The molecule has 0 spiro atoms. The summed E-state index contributed by atoms with van der Waals surface area (Å²) in [6.45, 7) is 2.74. The zero-order valence-electron chi connectivity index (χ0n) is 19.5. The molecule has 184 valence electrons. The number of benzene rings is 3. The molecule has 2 heterocycles. The first-order chi connectivity index (χ1) is 17.6. The molecule has 0 aliphatic carbocycles. The third kappa shape index (κ3) is 5.23. The van der Waals surface area contributed by atoms with Gasteiger partial charge in [0.1, 0.15) is 0 Å². The molecule has 3 aromatic carbocycles. The molecular formula is C26H25F2N7O. The average molecular weight is 490 g/mol. The lowest BCUT2D eigenvalue weighted by molar-refractivity contribution is 0.132. The van der Waals surface area contributed by atoms with Crippen LogP contribution in [0.3, 0.4) is 0 Å². The second-order valence-corrected chi connectivity index (χ2v) is 8.57. The number of nitrogens with zero attached hydrogens (tertiary/aromatic N) is 6. The van der Waals surface area contributed by atoms with Crippen molar-refractivity contribution in [2.45, 2.75) is 12.6 Å². The lowest BCUT2D eigenvalue weighted by Gasteiger charge is -2.35. The van der Waals surface area contributed by atoms with Crippen LogP contribution >= 0.6 is 0 Å². The predicted octanol–water partition coefficient (Wildman–Crippen LogP) is 3.56. The van der Waals surface area contributed by atoms with Gasteiger partial charge in [-0.2, -0.15) is 4.68 Å². The molecule has 0 radical (unpaired) electrons. The van der Waals surface area contributed by atoms with Gasteiger partial charge in [0.05, 0.1) is 18.3 Å². The first kappa shape index (κ1) is 23.6. The maximum atomic E-state index is 13.7. The average Bonchev–Trinajstić information content (AvgIpc) is 3.38. The molecule has 8 nitrogen and oxygen atoms in total. The van der Waals surface area contributed by atoms with Crippen molar-refractivity contribution in [3.05, 3.63) is 107 Å². The van der Waals surface area contributed by atoms with Crippen molar-refractivity contribution in [2.75, 3.05) is 26.2 Å². The molecule has 2 amide bonds. The molecule has 5 rings (SSSR count). The van der Waals surface area contributed by atoms with Crippen LogP contribution in [0, 0.1) is 11.6 Å². The lowest BCUT2D eigenvalue weighted by atomic mass is 9.99. The number of hydrogen-bond donors (Lipinski definition) is 1. The molecule has 0 bridgehead atoms. The van der Waals surface area contributed by atoms with Crippen molar-refractivity contribution in [2.24, 2.45) is 0 Å². The van der Waals surface area contributed by atoms with E-state index in [9.17, 15) is 13.6 Å². The number of carbonyl (C=O) groups excluding carboxylic acids is 1. The van der Waals surface area contributed by atoms with Gasteiger partial charge < -0.3 is 10.2 Å². The van der Waals surface area contributed by atoms with Gasteiger partial charge in [-0.05, 0) is 33.7 Å². The van der Waals surface area contributed by atoms with Gasteiger partial charge in [0, 0.05) is 32.2 Å². The summed E-state index contributed by atoms with van der Waals surface area (Å²) in [5.41, 5.74) is 2.37. The predicted molar refractivity (Wildman–Crippen MR) is 129 cm³/mol. The molecule has 1 aromatic heterocycles. The van der Waals surface area contributed by atoms with Gasteiger partial charge in [-0.3, -0.25) is 4.90 Å². The summed E-state index contributed by atoms with van der Waals surface area (Å²) in [6.07, 6.45) is 0. The normalized spacial score (nSPS) is 14.2. The minimum atomic E-state index is -0.960. The molecule has 0 unspecified atom stereocenters. The number of hydrogen-bond acceptors (Lipinski definition) is 5. The number of piperazine rings is 1. The van der Waals surface area contributed by atoms with Crippen LogP contribution in [-0.4, -0.2) is 62.2 Å². The van der Waals surface area contributed by atoms with Crippen LogP contribution in [0.2, 0.25) is 0 Å². The van der Waals surface area contributed by atoms with E-state index in [1.807, 2.05) is 60.7 Å². The summed E-state index contributed by atoms with van der Waals surface area (Å²) in [6, 6.07) is 22.9. The Morgan fingerprint density at radius 2 is 1.50 bits per heavy atom. The van der Waals surface area contributed by atoms with E-state index in [-0.39, 0.29) is 12.1 Å². The van der Waals surface area contributed by atoms with Crippen LogP contribution in [-0.2, 0) is 6.54 Å². The smallest absolute Gasteiger partial charge is 0.318 e. The standard InChI is InChI=1S/C26H25F2N7O/c27-22-12-11-21(17-23(22)28)35-24(30-31-32-35)18-33-13-15-34(16-14-33)26(36)29-25(19-7-3-1-4-8-19)20-9-5-2-6-10-20/h1-12,17,25H,13-16,18H2,(H,29,36). The Kier molecular flexibility index (Phi) is 6.94. The number of rotatable bonds is 6. The second kappa shape index (κ2) is 10.6. The summed E-state index contributed by atoms with van der Waals surface area (Å²) < 4.78 is 28.4. The van der Waals surface area contributed by atoms with Gasteiger partial charge in [-0.1, -0.05) is 60.7 Å². The topological polar surface area (TPSA) is 79.2 Å². The number of amides is 2. The van der Waals surface area contributed by atoms with Crippen LogP contribution in [0.25, 0.3) is 5.69 Å². The maximum absolute atomic E-state index is 13.7. The largest absolute Gasteiger partial charge is 0.327 e. The molecule has 0 atom stereocenters. The highest BCUT2D eigenvalue weighted by atomic mass is 19.2. The number of carbonyl (C=O) groups is 1. The minimum Gasteiger partial charge on any atom is -0.327 e. The van der Waals surface area contributed by atoms with Gasteiger partial charge >= 0.3 is 6.03 Å². The number of halogens is 2. The number of aromatic nitrogens is 4. The third-order valence-electron chi connectivity index (χ3n) is 6.24. The summed E-state index contributed by atoms with van der Waals surface area (Å²) in [5, 5.41) is 14.9. The molecule has 1 fully saturated rings. The molecule has 1 saturated heterocycles. The van der Waals surface area contributed by atoms with Crippen molar-refractivity contribution in [3.63, 3.8) is 0 Å². The number of tetrazole rings is 1. The van der Waals surface area contributed by atoms with Crippen molar-refractivity contribution < 1.29 is 13.6 Å². The van der Waals surface area contributed by atoms with Gasteiger partial charge in [0.2, 0.25) is 0 Å². The van der Waals surface area contributed by atoms with Gasteiger partial charge in [0.15, 0.2) is 17.5 Å². The zero-order chi connectivity index (χ0) is 24.9. The van der Waals surface area contributed by atoms with E-state index in [2.05, 4.69) is 25.7 Å². The van der Waals surface area contributed by atoms with E-state index in [4.69, 9.17) is 0 Å². The van der Waals surface area contributed by atoms with Crippen molar-refractivity contribution >= 4 is 6.03 Å². The Morgan fingerprint density at radius 3 is 2.11 bits per heavy atom. The highest BCUT2D eigenvalue weighted by Crippen LogP contribution is 2.22. The van der Waals surface area contributed by atoms with Crippen LogP contribution in [0.15, 0.2) is 78.9 Å². The molecule has 0 saturated carbocycles. The summed E-state index contributed by atoms with van der Waals surface area (Å²) >= 11 is 0. The highest BCUT2D eigenvalue weighted by Gasteiger charge is 2.25. The van der Waals surface area contributed by atoms with E-state index >= 15 is 0 Å². The monoisotopic (exact) mass is 489 g/mol. The van der Waals surface area contributed by atoms with E-state index in [0.717, 1.165) is 23.3 Å². The fraction of sp³-hybridized carbons (Fsp3) is 0.231. The third-order valence-corrected chi connectivity index (χ3v) is 6.24. The molecule has 1 aliphatic heterocycles. The molecule has 36 heavy (non-hydrogen) atoms. The Bertz CT molecular complexity index is 1270. The Morgan fingerprint density at radius 1 is 0.861 bits per heavy atom. The van der Waals surface area contributed by atoms with Gasteiger partial charge in [-0.25, -0.2) is 13.6 Å². The first-order valence-corrected chi connectivity index (χ1v) is 11.7. The number of urea groups is 1. The van der Waals surface area contributed by atoms with Crippen molar-refractivity contribution in [1.29, 1.82) is 0 Å². The molecule has 10 heteroatoms.